The summed E-state index contributed by atoms with van der Waals surface area (Å²) in [6.45, 7) is 1.63. The molecule has 1 aromatic heterocycles. The van der Waals surface area contributed by atoms with E-state index in [1.807, 2.05) is 66.7 Å². The Morgan fingerprint density at radius 3 is 2.53 bits per heavy atom. The second-order valence-corrected chi connectivity index (χ2v) is 7.09. The van der Waals surface area contributed by atoms with E-state index in [4.69, 9.17) is 18.9 Å². The molecule has 1 aliphatic rings. The zero-order chi connectivity index (χ0) is 21.8. The van der Waals surface area contributed by atoms with Crippen LogP contribution >= 0.6 is 0 Å². The molecule has 5 rings (SSSR count). The molecule has 0 spiro atoms. The minimum absolute atomic E-state index is 0.253. The molecule has 3 aromatic carbocycles. The summed E-state index contributed by atoms with van der Waals surface area (Å²) in [7, 11) is 1.60. The van der Waals surface area contributed by atoms with Gasteiger partial charge in [0, 0.05) is 13.1 Å². The molecule has 1 N–H and O–H groups in total. The van der Waals surface area contributed by atoms with Crippen LogP contribution in [0.2, 0.25) is 0 Å². The van der Waals surface area contributed by atoms with Crippen LogP contribution in [0.3, 0.4) is 0 Å². The second kappa shape index (κ2) is 8.94. The van der Waals surface area contributed by atoms with Crippen LogP contribution in [0.1, 0.15) is 11.1 Å². The topological polar surface area (TPSA) is 92.6 Å². The van der Waals surface area contributed by atoms with E-state index in [0.717, 1.165) is 28.3 Å². The third-order valence-corrected chi connectivity index (χ3v) is 4.97. The lowest BCUT2D eigenvalue weighted by atomic mass is 10.1. The van der Waals surface area contributed by atoms with Gasteiger partial charge in [0.15, 0.2) is 23.0 Å². The highest BCUT2D eigenvalue weighted by Gasteiger charge is 2.15. The van der Waals surface area contributed by atoms with Crippen molar-refractivity contribution in [1.82, 2.24) is 25.5 Å². The summed E-state index contributed by atoms with van der Waals surface area (Å²) >= 11 is 0. The zero-order valence-corrected chi connectivity index (χ0v) is 17.4. The van der Waals surface area contributed by atoms with E-state index in [-0.39, 0.29) is 12.8 Å². The van der Waals surface area contributed by atoms with E-state index >= 15 is 0 Å². The standard InChI is InChI=1S/C23H21N5O4/c1-29-21-11-16(13-24-14-17-7-9-19-22(12-17)31-15-30-19)8-10-20(21)32-23-25-26-27-28(23)18-5-3-2-4-6-18/h2-12,24H,13-15H2,1H3. The first-order valence-corrected chi connectivity index (χ1v) is 10.1. The van der Waals surface area contributed by atoms with Crippen LogP contribution in [0.25, 0.3) is 5.69 Å². The van der Waals surface area contributed by atoms with Crippen LogP contribution in [0.15, 0.2) is 66.7 Å². The molecule has 0 bridgehead atoms. The maximum absolute atomic E-state index is 5.95. The van der Waals surface area contributed by atoms with Crippen LogP contribution in [-0.2, 0) is 13.1 Å². The quantitative estimate of drug-likeness (QED) is 0.453. The summed E-state index contributed by atoms with van der Waals surface area (Å²) in [4.78, 5) is 0. The lowest BCUT2D eigenvalue weighted by Gasteiger charge is -2.12. The largest absolute Gasteiger partial charge is 0.493 e. The van der Waals surface area contributed by atoms with Gasteiger partial charge in [-0.2, -0.15) is 4.68 Å². The Kier molecular flexibility index (Phi) is 5.54. The highest BCUT2D eigenvalue weighted by molar-refractivity contribution is 5.46. The molecule has 0 saturated heterocycles. The zero-order valence-electron chi connectivity index (χ0n) is 17.4. The molecule has 162 valence electrons. The summed E-state index contributed by atoms with van der Waals surface area (Å²) in [5, 5.41) is 15.2. The lowest BCUT2D eigenvalue weighted by molar-refractivity contribution is 0.174. The van der Waals surface area contributed by atoms with Gasteiger partial charge >= 0.3 is 6.01 Å². The van der Waals surface area contributed by atoms with Crippen molar-refractivity contribution in [2.24, 2.45) is 0 Å². The van der Waals surface area contributed by atoms with Gasteiger partial charge in [0.25, 0.3) is 0 Å². The predicted molar refractivity (Wildman–Crippen MR) is 115 cm³/mol. The summed E-state index contributed by atoms with van der Waals surface area (Å²) in [5.41, 5.74) is 2.97. The Hall–Kier alpha value is -4.11. The van der Waals surface area contributed by atoms with Crippen molar-refractivity contribution in [3.05, 3.63) is 77.9 Å². The molecule has 0 amide bonds. The monoisotopic (exact) mass is 431 g/mol. The first kappa shape index (κ1) is 19.8. The van der Waals surface area contributed by atoms with Crippen LogP contribution < -0.4 is 24.3 Å². The van der Waals surface area contributed by atoms with E-state index in [0.29, 0.717) is 24.6 Å². The van der Waals surface area contributed by atoms with Gasteiger partial charge in [-0.1, -0.05) is 35.4 Å². The molecule has 4 aromatic rings. The Bertz CT molecular complexity index is 1210. The smallest absolute Gasteiger partial charge is 0.346 e. The number of methoxy groups -OCH3 is 1. The number of hydrogen-bond donors (Lipinski definition) is 1. The van der Waals surface area contributed by atoms with Crippen molar-refractivity contribution in [3.8, 4) is 34.7 Å². The van der Waals surface area contributed by atoms with Gasteiger partial charge in [0.1, 0.15) is 0 Å². The fourth-order valence-corrected chi connectivity index (χ4v) is 3.38. The lowest BCUT2D eigenvalue weighted by Crippen LogP contribution is -2.12. The van der Waals surface area contributed by atoms with Gasteiger partial charge in [-0.25, -0.2) is 0 Å². The maximum Gasteiger partial charge on any atom is 0.346 e. The van der Waals surface area contributed by atoms with E-state index in [1.54, 1.807) is 7.11 Å². The van der Waals surface area contributed by atoms with E-state index in [9.17, 15) is 0 Å². The number of ether oxygens (including phenoxy) is 4. The first-order chi connectivity index (χ1) is 15.8. The number of nitrogens with zero attached hydrogens (tertiary/aromatic N) is 4. The van der Waals surface area contributed by atoms with Crippen LogP contribution in [-0.4, -0.2) is 34.1 Å². The Balaban J connectivity index is 1.25. The van der Waals surface area contributed by atoms with Gasteiger partial charge in [-0.15, -0.1) is 0 Å². The fraction of sp³-hybridized carbons (Fsp3) is 0.174. The molecule has 0 unspecified atom stereocenters. The molecular formula is C23H21N5O4. The van der Waals surface area contributed by atoms with Crippen molar-refractivity contribution in [2.45, 2.75) is 13.1 Å². The van der Waals surface area contributed by atoms with Gasteiger partial charge in [-0.05, 0) is 58.0 Å². The molecule has 1 aliphatic heterocycles. The van der Waals surface area contributed by atoms with Crippen molar-refractivity contribution in [3.63, 3.8) is 0 Å². The highest BCUT2D eigenvalue weighted by Crippen LogP contribution is 2.33. The van der Waals surface area contributed by atoms with Gasteiger partial charge in [0.05, 0.1) is 12.8 Å². The second-order valence-electron chi connectivity index (χ2n) is 7.09. The van der Waals surface area contributed by atoms with Crippen molar-refractivity contribution >= 4 is 0 Å². The van der Waals surface area contributed by atoms with E-state index < -0.39 is 0 Å². The molecule has 0 saturated carbocycles. The highest BCUT2D eigenvalue weighted by atomic mass is 16.7. The molecule has 0 atom stereocenters. The number of fused-ring (bicyclic) bond motifs is 1. The molecule has 0 aliphatic carbocycles. The third-order valence-electron chi connectivity index (χ3n) is 4.97. The fourth-order valence-electron chi connectivity index (χ4n) is 3.38. The number of nitrogens with one attached hydrogen (secondary N) is 1. The average molecular weight is 431 g/mol. The van der Waals surface area contributed by atoms with E-state index in [2.05, 4.69) is 20.8 Å². The molecule has 9 nitrogen and oxygen atoms in total. The maximum atomic E-state index is 5.95. The normalized spacial score (nSPS) is 12.0. The number of tetrazole rings is 1. The van der Waals surface area contributed by atoms with Crippen molar-refractivity contribution < 1.29 is 18.9 Å². The summed E-state index contributed by atoms with van der Waals surface area (Å²) in [6.07, 6.45) is 0. The van der Waals surface area contributed by atoms with Gasteiger partial charge < -0.3 is 24.3 Å². The van der Waals surface area contributed by atoms with Gasteiger partial charge in [-0.3, -0.25) is 0 Å². The first-order valence-electron chi connectivity index (χ1n) is 10.1. The number of para-hydroxylation sites is 1. The number of benzene rings is 3. The molecule has 32 heavy (non-hydrogen) atoms. The number of rotatable bonds is 8. The molecule has 0 fully saturated rings. The average Bonchev–Trinajstić information content (AvgIpc) is 3.49. The van der Waals surface area contributed by atoms with Crippen LogP contribution in [0, 0.1) is 0 Å². The SMILES string of the molecule is COc1cc(CNCc2ccc3c(c2)OCO3)ccc1Oc1nnnn1-c1ccccc1. The van der Waals surface area contributed by atoms with Crippen LogP contribution in [0.5, 0.6) is 29.0 Å². The predicted octanol–water partition coefficient (Wildman–Crippen LogP) is 3.48. The Morgan fingerprint density at radius 1 is 0.906 bits per heavy atom. The molecule has 2 heterocycles. The molecular weight excluding hydrogens is 410 g/mol. The Labute approximate surface area is 184 Å². The summed E-state index contributed by atoms with van der Waals surface area (Å²) in [5.74, 6) is 2.69. The minimum Gasteiger partial charge on any atom is -0.493 e. The number of aromatic nitrogens is 4. The van der Waals surface area contributed by atoms with Crippen molar-refractivity contribution in [2.75, 3.05) is 13.9 Å². The Morgan fingerprint density at radius 2 is 1.69 bits per heavy atom. The molecule has 9 heteroatoms. The molecule has 0 radical (unpaired) electrons. The third kappa shape index (κ3) is 4.19. The summed E-state index contributed by atoms with van der Waals surface area (Å²) in [6, 6.07) is 21.5. The number of hydrogen-bond acceptors (Lipinski definition) is 8. The van der Waals surface area contributed by atoms with Crippen LogP contribution in [0.4, 0.5) is 0 Å². The summed E-state index contributed by atoms with van der Waals surface area (Å²) < 4.78 is 23.8. The van der Waals surface area contributed by atoms with Gasteiger partial charge in [0.2, 0.25) is 6.79 Å². The van der Waals surface area contributed by atoms with Crippen molar-refractivity contribution in [1.29, 1.82) is 0 Å². The van der Waals surface area contributed by atoms with E-state index in [1.165, 1.54) is 4.68 Å². The minimum atomic E-state index is 0.253.